The van der Waals surface area contributed by atoms with E-state index >= 15 is 0 Å². The van der Waals surface area contributed by atoms with Gasteiger partial charge in [0.25, 0.3) is 5.91 Å². The van der Waals surface area contributed by atoms with Crippen LogP contribution in [-0.2, 0) is 0 Å². The van der Waals surface area contributed by atoms with Gasteiger partial charge in [-0.1, -0.05) is 0 Å². The minimum atomic E-state index is -4.78. The predicted octanol–water partition coefficient (Wildman–Crippen LogP) is 3.80. The van der Waals surface area contributed by atoms with Crippen molar-refractivity contribution in [2.45, 2.75) is 13.3 Å². The van der Waals surface area contributed by atoms with Crippen LogP contribution in [0.1, 0.15) is 16.1 Å². The molecule has 2 heterocycles. The van der Waals surface area contributed by atoms with Gasteiger partial charge < -0.3 is 15.2 Å². The molecule has 3 rings (SSSR count). The highest BCUT2D eigenvalue weighted by atomic mass is 32.1. The third-order valence-electron chi connectivity index (χ3n) is 3.84. The minimum Gasteiger partial charge on any atom is -0.406 e. The predicted molar refractivity (Wildman–Crippen MR) is 102 cm³/mol. The number of aliphatic hydroxyl groups excluding tert-OH is 1. The maximum atomic E-state index is 12.4. The maximum Gasteiger partial charge on any atom is 0.573 e. The molecule has 2 N–H and O–H groups in total. The van der Waals surface area contributed by atoms with Crippen LogP contribution in [0.4, 0.5) is 13.2 Å². The number of carbonyl (C=O) groups excluding carboxylic acids is 1. The van der Waals surface area contributed by atoms with Crippen LogP contribution in [0.3, 0.4) is 0 Å². The van der Waals surface area contributed by atoms with Crippen molar-refractivity contribution in [1.82, 2.24) is 15.3 Å². The Morgan fingerprint density at radius 1 is 1.21 bits per heavy atom. The lowest BCUT2D eigenvalue weighted by atomic mass is 10.1. The number of rotatable bonds is 6. The summed E-state index contributed by atoms with van der Waals surface area (Å²) in [5.41, 5.74) is 2.63. The van der Waals surface area contributed by atoms with E-state index in [0.717, 1.165) is 11.1 Å². The summed E-state index contributed by atoms with van der Waals surface area (Å²) in [6.07, 6.45) is -4.78. The van der Waals surface area contributed by atoms with Gasteiger partial charge in [0.15, 0.2) is 5.82 Å². The summed E-state index contributed by atoms with van der Waals surface area (Å²) in [6, 6.07) is 6.63. The van der Waals surface area contributed by atoms with E-state index in [0.29, 0.717) is 17.1 Å². The molecule has 0 saturated heterocycles. The highest BCUT2D eigenvalue weighted by Crippen LogP contribution is 2.29. The van der Waals surface area contributed by atoms with Crippen LogP contribution in [-0.4, -0.2) is 40.5 Å². The average Bonchev–Trinajstić information content (AvgIpc) is 3.11. The van der Waals surface area contributed by atoms with Crippen LogP contribution in [0.2, 0.25) is 0 Å². The number of halogens is 3. The van der Waals surface area contributed by atoms with E-state index in [4.69, 9.17) is 5.11 Å². The first-order valence-electron chi connectivity index (χ1n) is 8.44. The van der Waals surface area contributed by atoms with Gasteiger partial charge in [0.1, 0.15) is 11.4 Å². The van der Waals surface area contributed by atoms with E-state index < -0.39 is 12.3 Å². The average molecular weight is 423 g/mol. The van der Waals surface area contributed by atoms with Crippen LogP contribution in [0, 0.1) is 6.92 Å². The Bertz CT molecular complexity index is 1000. The summed E-state index contributed by atoms with van der Waals surface area (Å²) in [5, 5.41) is 15.2. The fourth-order valence-electron chi connectivity index (χ4n) is 2.51. The van der Waals surface area contributed by atoms with Crippen molar-refractivity contribution in [2.75, 3.05) is 13.2 Å². The number of hydrogen-bond acceptors (Lipinski definition) is 6. The largest absolute Gasteiger partial charge is 0.573 e. The first-order chi connectivity index (χ1) is 13.8. The maximum absolute atomic E-state index is 12.4. The Labute approximate surface area is 168 Å². The molecule has 2 aromatic heterocycles. The van der Waals surface area contributed by atoms with Crippen LogP contribution in [0.5, 0.6) is 5.75 Å². The van der Waals surface area contributed by atoms with Gasteiger partial charge in [-0.2, -0.15) is 11.3 Å². The van der Waals surface area contributed by atoms with E-state index in [1.807, 2.05) is 17.7 Å². The molecular weight excluding hydrogens is 407 g/mol. The van der Waals surface area contributed by atoms with Crippen molar-refractivity contribution >= 4 is 17.2 Å². The Morgan fingerprint density at radius 2 is 1.93 bits per heavy atom. The number of hydrogen-bond donors (Lipinski definition) is 2. The Morgan fingerprint density at radius 3 is 2.52 bits per heavy atom. The molecule has 0 fully saturated rings. The van der Waals surface area contributed by atoms with E-state index in [1.165, 1.54) is 41.7 Å². The summed E-state index contributed by atoms with van der Waals surface area (Å²) in [7, 11) is 0. The summed E-state index contributed by atoms with van der Waals surface area (Å²) >= 11 is 1.46. The standard InChI is InChI=1S/C19H16F3N3O3S/c1-11-9-29-10-14(11)17-24-15(8-16(25-17)18(27)23-6-7-26)12-2-4-13(5-3-12)28-19(20,21)22/h2-5,8-10,26H,6-7H2,1H3,(H,23,27). The van der Waals surface area contributed by atoms with Gasteiger partial charge in [-0.3, -0.25) is 4.79 Å². The van der Waals surface area contributed by atoms with E-state index in [1.54, 1.807) is 0 Å². The molecule has 0 bridgehead atoms. The lowest BCUT2D eigenvalue weighted by Crippen LogP contribution is -2.27. The number of nitrogens with zero attached hydrogens (tertiary/aromatic N) is 2. The molecule has 0 aliphatic rings. The number of amides is 1. The number of alkyl halides is 3. The van der Waals surface area contributed by atoms with Crippen molar-refractivity contribution in [1.29, 1.82) is 0 Å². The summed E-state index contributed by atoms with van der Waals surface area (Å²) in [4.78, 5) is 21.1. The zero-order valence-corrected chi connectivity index (χ0v) is 16.0. The van der Waals surface area contributed by atoms with E-state index in [9.17, 15) is 18.0 Å². The molecule has 0 aliphatic heterocycles. The zero-order valence-electron chi connectivity index (χ0n) is 15.2. The zero-order chi connectivity index (χ0) is 21.0. The Balaban J connectivity index is 2.01. The van der Waals surface area contributed by atoms with Crippen molar-refractivity contribution in [3.8, 4) is 28.4 Å². The van der Waals surface area contributed by atoms with Gasteiger partial charge >= 0.3 is 6.36 Å². The van der Waals surface area contributed by atoms with Crippen LogP contribution in [0.25, 0.3) is 22.6 Å². The summed E-state index contributed by atoms with van der Waals surface area (Å²) in [5.74, 6) is -0.523. The minimum absolute atomic E-state index is 0.0639. The number of nitrogens with one attached hydrogen (secondary N) is 1. The molecule has 0 atom stereocenters. The quantitative estimate of drug-likeness (QED) is 0.630. The molecule has 29 heavy (non-hydrogen) atoms. The second-order valence-corrected chi connectivity index (χ2v) is 6.73. The van der Waals surface area contributed by atoms with E-state index in [-0.39, 0.29) is 24.6 Å². The monoisotopic (exact) mass is 423 g/mol. The molecule has 0 saturated carbocycles. The van der Waals surface area contributed by atoms with Gasteiger partial charge in [-0.15, -0.1) is 13.2 Å². The van der Waals surface area contributed by atoms with Gasteiger partial charge in [0.05, 0.1) is 12.3 Å². The number of carbonyl (C=O) groups is 1. The smallest absolute Gasteiger partial charge is 0.406 e. The third kappa shape index (κ3) is 5.30. The van der Waals surface area contributed by atoms with Gasteiger partial charge in [0.2, 0.25) is 0 Å². The fraction of sp³-hybridized carbons (Fsp3) is 0.211. The molecule has 152 valence electrons. The highest BCUT2D eigenvalue weighted by Gasteiger charge is 2.31. The summed E-state index contributed by atoms with van der Waals surface area (Å²) < 4.78 is 40.9. The lowest BCUT2D eigenvalue weighted by molar-refractivity contribution is -0.274. The molecule has 10 heteroatoms. The Hall–Kier alpha value is -2.98. The SMILES string of the molecule is Cc1cscc1-c1nc(C(=O)NCCO)cc(-c2ccc(OC(F)(F)F)cc2)n1. The molecule has 0 radical (unpaired) electrons. The second-order valence-electron chi connectivity index (χ2n) is 5.98. The third-order valence-corrected chi connectivity index (χ3v) is 4.70. The van der Waals surface area contributed by atoms with Crippen LogP contribution in [0.15, 0.2) is 41.1 Å². The number of benzene rings is 1. The number of thiophene rings is 1. The van der Waals surface area contributed by atoms with E-state index in [2.05, 4.69) is 20.0 Å². The molecular formula is C19H16F3N3O3S. The number of aryl methyl sites for hydroxylation is 1. The number of ether oxygens (including phenoxy) is 1. The molecule has 0 aliphatic carbocycles. The summed E-state index contributed by atoms with van der Waals surface area (Å²) in [6.45, 7) is 1.73. The fourth-order valence-corrected chi connectivity index (χ4v) is 3.34. The molecule has 0 spiro atoms. The second kappa shape index (κ2) is 8.58. The van der Waals surface area contributed by atoms with Crippen LogP contribution >= 0.6 is 11.3 Å². The highest BCUT2D eigenvalue weighted by molar-refractivity contribution is 7.08. The molecule has 3 aromatic rings. The van der Waals surface area contributed by atoms with Gasteiger partial charge in [-0.05, 0) is 48.2 Å². The topological polar surface area (TPSA) is 84.3 Å². The number of aliphatic hydroxyl groups is 1. The molecule has 0 unspecified atom stereocenters. The number of aromatic nitrogens is 2. The lowest BCUT2D eigenvalue weighted by Gasteiger charge is -2.11. The first kappa shape index (κ1) is 20.7. The van der Waals surface area contributed by atoms with Gasteiger partial charge in [0, 0.05) is 23.1 Å². The molecule has 1 aromatic carbocycles. The first-order valence-corrected chi connectivity index (χ1v) is 9.38. The normalized spacial score (nSPS) is 11.3. The van der Waals surface area contributed by atoms with Crippen molar-refractivity contribution < 1.29 is 27.8 Å². The molecule has 6 nitrogen and oxygen atoms in total. The van der Waals surface area contributed by atoms with Crippen molar-refractivity contribution in [2.24, 2.45) is 0 Å². The van der Waals surface area contributed by atoms with Crippen molar-refractivity contribution in [3.63, 3.8) is 0 Å². The van der Waals surface area contributed by atoms with Crippen molar-refractivity contribution in [3.05, 3.63) is 52.3 Å². The van der Waals surface area contributed by atoms with Gasteiger partial charge in [-0.25, -0.2) is 9.97 Å². The molecule has 1 amide bonds. The van der Waals surface area contributed by atoms with Crippen LogP contribution < -0.4 is 10.1 Å². The Kier molecular flexibility index (Phi) is 6.14.